The number of carbonyl (C=O) groups excluding carboxylic acids is 2. The third-order valence-electron chi connectivity index (χ3n) is 4.55. The molecule has 1 aromatic carbocycles. The average molecular weight is 400 g/mol. The summed E-state index contributed by atoms with van der Waals surface area (Å²) < 4.78 is 20.3. The number of Topliss-reactive ketones (excluding diaryl/α,β-unsaturated/α-hetero) is 1. The highest BCUT2D eigenvalue weighted by Crippen LogP contribution is 2.20. The number of nitrogens with zero attached hydrogens (tertiary/aromatic N) is 2. The fraction of sp³-hybridized carbons (Fsp3) is 0.286. The van der Waals surface area contributed by atoms with E-state index in [1.165, 1.54) is 23.5 Å². The van der Waals surface area contributed by atoms with Crippen molar-refractivity contribution >= 4 is 23.1 Å². The van der Waals surface area contributed by atoms with Crippen LogP contribution in [0.2, 0.25) is 0 Å². The van der Waals surface area contributed by atoms with Crippen molar-refractivity contribution in [3.8, 4) is 0 Å². The molecule has 0 fully saturated rings. The molecule has 0 unspecified atom stereocenters. The smallest absolute Gasteiger partial charge is 0.350 e. The van der Waals surface area contributed by atoms with E-state index >= 15 is 0 Å². The zero-order valence-electron chi connectivity index (χ0n) is 16.2. The van der Waals surface area contributed by atoms with Gasteiger partial charge in [0.05, 0.1) is 10.7 Å². The van der Waals surface area contributed by atoms with Crippen LogP contribution >= 0.6 is 11.3 Å². The fourth-order valence-electron chi connectivity index (χ4n) is 3.09. The normalized spacial score (nSPS) is 10.9. The first kappa shape index (κ1) is 19.9. The van der Waals surface area contributed by atoms with Crippen LogP contribution < -0.4 is 0 Å². The lowest BCUT2D eigenvalue weighted by atomic mass is 10.1. The number of aromatic nitrogens is 2. The van der Waals surface area contributed by atoms with E-state index in [-0.39, 0.29) is 18.2 Å². The first-order valence-electron chi connectivity index (χ1n) is 8.81. The highest BCUT2D eigenvalue weighted by Gasteiger charge is 2.20. The molecular weight excluding hydrogens is 379 g/mol. The van der Waals surface area contributed by atoms with Gasteiger partial charge in [0.1, 0.15) is 10.7 Å². The molecule has 28 heavy (non-hydrogen) atoms. The van der Waals surface area contributed by atoms with Crippen molar-refractivity contribution < 1.29 is 18.7 Å². The van der Waals surface area contributed by atoms with Gasteiger partial charge in [-0.15, -0.1) is 11.3 Å². The number of thiazole rings is 1. The lowest BCUT2D eigenvalue weighted by molar-refractivity contribution is 0.0478. The molecule has 2 heterocycles. The van der Waals surface area contributed by atoms with Crippen LogP contribution in [-0.2, 0) is 11.3 Å². The SMILES string of the molecule is Cc1nc(C)c(C(=O)OCC(=O)c2cc(C)n(Cc3ccc(F)cc3)c2C)s1. The van der Waals surface area contributed by atoms with Crippen LogP contribution in [0.15, 0.2) is 30.3 Å². The Hall–Kier alpha value is -2.80. The molecule has 0 aliphatic carbocycles. The summed E-state index contributed by atoms with van der Waals surface area (Å²) in [6.07, 6.45) is 0. The molecule has 0 amide bonds. The Morgan fingerprint density at radius 3 is 2.43 bits per heavy atom. The lowest BCUT2D eigenvalue weighted by Crippen LogP contribution is -2.15. The van der Waals surface area contributed by atoms with Crippen LogP contribution in [0.3, 0.4) is 0 Å². The third kappa shape index (κ3) is 4.20. The van der Waals surface area contributed by atoms with Crippen LogP contribution in [0, 0.1) is 33.5 Å². The van der Waals surface area contributed by atoms with E-state index in [9.17, 15) is 14.0 Å². The van der Waals surface area contributed by atoms with Gasteiger partial charge < -0.3 is 9.30 Å². The van der Waals surface area contributed by atoms with Crippen molar-refractivity contribution in [2.45, 2.75) is 34.2 Å². The predicted octanol–water partition coefficient (Wildman–Crippen LogP) is 4.41. The van der Waals surface area contributed by atoms with Crippen molar-refractivity contribution in [3.05, 3.63) is 74.2 Å². The second kappa shape index (κ2) is 8.06. The number of rotatable bonds is 6. The largest absolute Gasteiger partial charge is 0.453 e. The highest BCUT2D eigenvalue weighted by molar-refractivity contribution is 7.13. The molecule has 0 spiro atoms. The number of halogens is 1. The molecule has 0 saturated carbocycles. The lowest BCUT2D eigenvalue weighted by Gasteiger charge is -2.10. The van der Waals surface area contributed by atoms with Gasteiger partial charge in [-0.05, 0) is 51.5 Å². The standard InChI is InChI=1S/C21H21FN2O3S/c1-12-9-18(14(3)24(12)10-16-5-7-17(22)8-6-16)19(25)11-27-21(26)20-13(2)23-15(4)28-20/h5-9H,10-11H2,1-4H3. The average Bonchev–Trinajstić information content (AvgIpc) is 3.14. The summed E-state index contributed by atoms with van der Waals surface area (Å²) in [6, 6.07) is 8.06. The Morgan fingerprint density at radius 2 is 1.82 bits per heavy atom. The first-order chi connectivity index (χ1) is 13.3. The van der Waals surface area contributed by atoms with Crippen molar-refractivity contribution in [1.29, 1.82) is 0 Å². The van der Waals surface area contributed by atoms with E-state index in [1.807, 2.05) is 25.3 Å². The molecule has 0 saturated heterocycles. The van der Waals surface area contributed by atoms with Crippen molar-refractivity contribution in [2.24, 2.45) is 0 Å². The van der Waals surface area contributed by atoms with E-state index < -0.39 is 5.97 Å². The fourth-order valence-corrected chi connectivity index (χ4v) is 3.91. The van der Waals surface area contributed by atoms with Crippen LogP contribution in [-0.4, -0.2) is 27.9 Å². The molecule has 7 heteroatoms. The summed E-state index contributed by atoms with van der Waals surface area (Å²) in [5, 5.41) is 0.778. The minimum Gasteiger partial charge on any atom is -0.453 e. The monoisotopic (exact) mass is 400 g/mol. The number of esters is 1. The quantitative estimate of drug-likeness (QED) is 0.454. The van der Waals surface area contributed by atoms with Gasteiger partial charge in [0.15, 0.2) is 6.61 Å². The number of aryl methyl sites for hydroxylation is 3. The van der Waals surface area contributed by atoms with Crippen LogP contribution in [0.4, 0.5) is 4.39 Å². The molecule has 0 aliphatic rings. The van der Waals surface area contributed by atoms with Gasteiger partial charge in [-0.25, -0.2) is 14.2 Å². The van der Waals surface area contributed by atoms with E-state index in [0.29, 0.717) is 22.7 Å². The van der Waals surface area contributed by atoms with Gasteiger partial charge in [-0.2, -0.15) is 0 Å². The topological polar surface area (TPSA) is 61.2 Å². The first-order valence-corrected chi connectivity index (χ1v) is 9.63. The van der Waals surface area contributed by atoms with Crippen LogP contribution in [0.1, 0.15) is 47.7 Å². The van der Waals surface area contributed by atoms with Gasteiger partial charge in [-0.1, -0.05) is 12.1 Å². The number of hydrogen-bond donors (Lipinski definition) is 0. The van der Waals surface area contributed by atoms with Gasteiger partial charge >= 0.3 is 5.97 Å². The van der Waals surface area contributed by atoms with E-state index in [1.54, 1.807) is 25.1 Å². The Kier molecular flexibility index (Phi) is 5.74. The second-order valence-electron chi connectivity index (χ2n) is 6.64. The molecule has 0 bridgehead atoms. The molecule has 0 N–H and O–H groups in total. The number of carbonyl (C=O) groups is 2. The maximum absolute atomic E-state index is 13.1. The maximum atomic E-state index is 13.1. The van der Waals surface area contributed by atoms with E-state index in [2.05, 4.69) is 4.98 Å². The summed E-state index contributed by atoms with van der Waals surface area (Å²) in [5.74, 6) is -1.07. The third-order valence-corrected chi connectivity index (χ3v) is 5.60. The van der Waals surface area contributed by atoms with Gasteiger partial charge in [0, 0.05) is 23.5 Å². The zero-order valence-corrected chi connectivity index (χ0v) is 17.0. The zero-order chi connectivity index (χ0) is 20.4. The van der Waals surface area contributed by atoms with Gasteiger partial charge in [0.25, 0.3) is 0 Å². The molecule has 5 nitrogen and oxygen atoms in total. The molecule has 146 valence electrons. The molecule has 0 radical (unpaired) electrons. The number of hydrogen-bond acceptors (Lipinski definition) is 5. The number of ether oxygens (including phenoxy) is 1. The number of benzene rings is 1. The summed E-state index contributed by atoms with van der Waals surface area (Å²) in [6.45, 7) is 7.52. The van der Waals surface area contributed by atoms with Gasteiger partial charge in [-0.3, -0.25) is 4.79 Å². The van der Waals surface area contributed by atoms with Gasteiger partial charge in [0.2, 0.25) is 5.78 Å². The van der Waals surface area contributed by atoms with Crippen molar-refractivity contribution in [2.75, 3.05) is 6.61 Å². The molecule has 3 rings (SSSR count). The van der Waals surface area contributed by atoms with E-state index in [4.69, 9.17) is 4.74 Å². The summed E-state index contributed by atoms with van der Waals surface area (Å²) in [5.41, 5.74) is 3.75. The minimum atomic E-state index is -0.531. The summed E-state index contributed by atoms with van der Waals surface area (Å²) in [4.78, 5) is 29.4. The Morgan fingerprint density at radius 1 is 1.14 bits per heavy atom. The minimum absolute atomic E-state index is 0.259. The van der Waals surface area contributed by atoms with Crippen LogP contribution in [0.5, 0.6) is 0 Å². The predicted molar refractivity (Wildman–Crippen MR) is 106 cm³/mol. The maximum Gasteiger partial charge on any atom is 0.350 e. The van der Waals surface area contributed by atoms with Crippen LogP contribution in [0.25, 0.3) is 0 Å². The molecule has 0 atom stereocenters. The van der Waals surface area contributed by atoms with Crippen molar-refractivity contribution in [3.63, 3.8) is 0 Å². The van der Waals surface area contributed by atoms with E-state index in [0.717, 1.165) is 22.0 Å². The second-order valence-corrected chi connectivity index (χ2v) is 7.85. The molecule has 2 aromatic heterocycles. The Bertz CT molecular complexity index is 1030. The Balaban J connectivity index is 1.71. The molecular formula is C21H21FN2O3S. The summed E-state index contributed by atoms with van der Waals surface area (Å²) in [7, 11) is 0. The molecule has 3 aromatic rings. The Labute approximate surface area is 166 Å². The van der Waals surface area contributed by atoms with Crippen molar-refractivity contribution in [1.82, 2.24) is 9.55 Å². The summed E-state index contributed by atoms with van der Waals surface area (Å²) >= 11 is 1.25. The molecule has 0 aliphatic heterocycles. The highest BCUT2D eigenvalue weighted by atomic mass is 32.1. The number of ketones is 1.